The maximum Gasteiger partial charge on any atom is 0.145 e. The van der Waals surface area contributed by atoms with Gasteiger partial charge in [0, 0.05) is 10.5 Å². The van der Waals surface area contributed by atoms with E-state index in [9.17, 15) is 4.39 Å². The average Bonchev–Trinajstić information content (AvgIpc) is 2.45. The second-order valence-corrected chi connectivity index (χ2v) is 5.84. The highest BCUT2D eigenvalue weighted by Gasteiger charge is 2.14. The first-order chi connectivity index (χ1) is 9.61. The monoisotopic (exact) mass is 356 g/mol. The van der Waals surface area contributed by atoms with E-state index in [0.29, 0.717) is 18.4 Å². The minimum Gasteiger partial charge on any atom is -0.271 e. The first kappa shape index (κ1) is 15.4. The van der Waals surface area contributed by atoms with Gasteiger partial charge in [0.05, 0.1) is 5.02 Å². The lowest BCUT2D eigenvalue weighted by atomic mass is 9.99. The SMILES string of the molecule is NNC(Cc1ccccc1Br)Cc1cccc(Cl)c1F. The van der Waals surface area contributed by atoms with Crippen molar-refractivity contribution in [3.8, 4) is 0 Å². The smallest absolute Gasteiger partial charge is 0.145 e. The van der Waals surface area contributed by atoms with Gasteiger partial charge in [-0.15, -0.1) is 0 Å². The van der Waals surface area contributed by atoms with Crippen molar-refractivity contribution < 1.29 is 4.39 Å². The summed E-state index contributed by atoms with van der Waals surface area (Å²) in [6.45, 7) is 0. The van der Waals surface area contributed by atoms with Gasteiger partial charge in [-0.1, -0.05) is 57.9 Å². The molecule has 1 unspecified atom stereocenters. The molecule has 1 atom stereocenters. The topological polar surface area (TPSA) is 38.0 Å². The van der Waals surface area contributed by atoms with Crippen LogP contribution < -0.4 is 11.3 Å². The zero-order chi connectivity index (χ0) is 14.5. The summed E-state index contributed by atoms with van der Waals surface area (Å²) >= 11 is 9.29. The van der Waals surface area contributed by atoms with Gasteiger partial charge in [-0.3, -0.25) is 11.3 Å². The second-order valence-electron chi connectivity index (χ2n) is 4.58. The average molecular weight is 358 g/mol. The third-order valence-corrected chi connectivity index (χ3v) is 4.22. The summed E-state index contributed by atoms with van der Waals surface area (Å²) in [7, 11) is 0. The predicted molar refractivity (Wildman–Crippen MR) is 84.1 cm³/mol. The number of nitrogens with two attached hydrogens (primary N) is 1. The molecular formula is C15H15BrClFN2. The number of hydrazine groups is 1. The molecule has 20 heavy (non-hydrogen) atoms. The maximum absolute atomic E-state index is 13.9. The summed E-state index contributed by atoms with van der Waals surface area (Å²) in [4.78, 5) is 0. The molecule has 106 valence electrons. The summed E-state index contributed by atoms with van der Waals surface area (Å²) in [6, 6.07) is 12.9. The summed E-state index contributed by atoms with van der Waals surface area (Å²) in [6.07, 6.45) is 1.17. The molecule has 2 aromatic rings. The van der Waals surface area contributed by atoms with Crippen LogP contribution in [0.25, 0.3) is 0 Å². The first-order valence-electron chi connectivity index (χ1n) is 6.24. The number of hydrogen-bond acceptors (Lipinski definition) is 2. The minimum absolute atomic E-state index is 0.0679. The molecule has 0 saturated heterocycles. The zero-order valence-electron chi connectivity index (χ0n) is 10.7. The molecule has 2 aromatic carbocycles. The van der Waals surface area contributed by atoms with Crippen LogP contribution in [0.4, 0.5) is 4.39 Å². The molecule has 0 bridgehead atoms. The Balaban J connectivity index is 2.14. The van der Waals surface area contributed by atoms with E-state index in [-0.39, 0.29) is 16.9 Å². The third-order valence-electron chi connectivity index (χ3n) is 3.16. The molecular weight excluding hydrogens is 343 g/mol. The summed E-state index contributed by atoms with van der Waals surface area (Å²) in [5.41, 5.74) is 4.43. The van der Waals surface area contributed by atoms with E-state index in [4.69, 9.17) is 17.4 Å². The lowest BCUT2D eigenvalue weighted by Crippen LogP contribution is -2.38. The van der Waals surface area contributed by atoms with Gasteiger partial charge in [-0.05, 0) is 36.1 Å². The third kappa shape index (κ3) is 3.79. The Labute approximate surface area is 131 Å². The van der Waals surface area contributed by atoms with E-state index in [1.807, 2.05) is 24.3 Å². The van der Waals surface area contributed by atoms with E-state index in [1.54, 1.807) is 18.2 Å². The van der Waals surface area contributed by atoms with Crippen LogP contribution in [0, 0.1) is 5.82 Å². The maximum atomic E-state index is 13.9. The first-order valence-corrected chi connectivity index (χ1v) is 7.41. The predicted octanol–water partition coefficient (Wildman–Crippen LogP) is 3.86. The van der Waals surface area contributed by atoms with Crippen LogP contribution in [0.3, 0.4) is 0 Å². The molecule has 0 radical (unpaired) electrons. The molecule has 0 heterocycles. The van der Waals surface area contributed by atoms with Crippen LogP contribution in [-0.4, -0.2) is 6.04 Å². The second kappa shape index (κ2) is 7.18. The fourth-order valence-electron chi connectivity index (χ4n) is 2.09. The van der Waals surface area contributed by atoms with Crippen LogP contribution in [0.5, 0.6) is 0 Å². The molecule has 3 N–H and O–H groups in total. The molecule has 2 rings (SSSR count). The van der Waals surface area contributed by atoms with Gasteiger partial charge >= 0.3 is 0 Å². The van der Waals surface area contributed by atoms with Crippen molar-refractivity contribution in [3.05, 3.63) is 68.9 Å². The zero-order valence-corrected chi connectivity index (χ0v) is 13.1. The van der Waals surface area contributed by atoms with Gasteiger partial charge in [0.2, 0.25) is 0 Å². The summed E-state index contributed by atoms with van der Waals surface area (Å²) in [5, 5.41) is 0.138. The molecule has 5 heteroatoms. The van der Waals surface area contributed by atoms with Crippen molar-refractivity contribution in [2.45, 2.75) is 18.9 Å². The van der Waals surface area contributed by atoms with Crippen LogP contribution in [0.2, 0.25) is 5.02 Å². The van der Waals surface area contributed by atoms with Crippen molar-refractivity contribution in [3.63, 3.8) is 0 Å². The van der Waals surface area contributed by atoms with Gasteiger partial charge in [0.25, 0.3) is 0 Å². The highest BCUT2D eigenvalue weighted by atomic mass is 79.9. The van der Waals surface area contributed by atoms with Crippen LogP contribution in [0.1, 0.15) is 11.1 Å². The van der Waals surface area contributed by atoms with Gasteiger partial charge in [-0.25, -0.2) is 4.39 Å². The lowest BCUT2D eigenvalue weighted by Gasteiger charge is -2.17. The number of benzene rings is 2. The van der Waals surface area contributed by atoms with E-state index in [2.05, 4.69) is 21.4 Å². The van der Waals surface area contributed by atoms with Gasteiger partial charge in [0.15, 0.2) is 0 Å². The molecule has 0 spiro atoms. The van der Waals surface area contributed by atoms with E-state index < -0.39 is 0 Å². The van der Waals surface area contributed by atoms with Gasteiger partial charge in [0.1, 0.15) is 5.82 Å². The highest BCUT2D eigenvalue weighted by Crippen LogP contribution is 2.22. The quantitative estimate of drug-likeness (QED) is 0.630. The molecule has 0 aromatic heterocycles. The summed E-state index contributed by atoms with van der Waals surface area (Å²) < 4.78 is 14.9. The number of nitrogens with one attached hydrogen (secondary N) is 1. The normalized spacial score (nSPS) is 12.4. The Morgan fingerprint density at radius 1 is 1.10 bits per heavy atom. The van der Waals surface area contributed by atoms with Gasteiger partial charge < -0.3 is 0 Å². The fourth-order valence-corrected chi connectivity index (χ4v) is 2.73. The number of rotatable bonds is 5. The Morgan fingerprint density at radius 2 is 1.75 bits per heavy atom. The van der Waals surface area contributed by atoms with Crippen molar-refractivity contribution in [2.24, 2.45) is 5.84 Å². The molecule has 0 amide bonds. The van der Waals surface area contributed by atoms with Crippen LogP contribution in [-0.2, 0) is 12.8 Å². The van der Waals surface area contributed by atoms with Crippen LogP contribution >= 0.6 is 27.5 Å². The molecule has 2 nitrogen and oxygen atoms in total. The standard InChI is InChI=1S/C15H15BrClFN2/c16-13-6-2-1-4-10(13)8-12(20-19)9-11-5-3-7-14(17)15(11)18/h1-7,12,20H,8-9,19H2. The lowest BCUT2D eigenvalue weighted by molar-refractivity contribution is 0.506. The number of hydrogen-bond donors (Lipinski definition) is 2. The number of halogens is 3. The minimum atomic E-state index is -0.374. The Kier molecular flexibility index (Phi) is 5.54. The van der Waals surface area contributed by atoms with E-state index in [1.165, 1.54) is 0 Å². The molecule has 0 saturated carbocycles. The summed E-state index contributed by atoms with van der Waals surface area (Å²) in [5.74, 6) is 5.21. The van der Waals surface area contributed by atoms with Crippen molar-refractivity contribution in [1.29, 1.82) is 0 Å². The molecule has 0 aliphatic heterocycles. The van der Waals surface area contributed by atoms with E-state index in [0.717, 1.165) is 10.0 Å². The molecule has 0 aliphatic rings. The van der Waals surface area contributed by atoms with Gasteiger partial charge in [-0.2, -0.15) is 0 Å². The van der Waals surface area contributed by atoms with Crippen molar-refractivity contribution in [1.82, 2.24) is 5.43 Å². The van der Waals surface area contributed by atoms with Crippen LogP contribution in [0.15, 0.2) is 46.9 Å². The molecule has 0 aliphatic carbocycles. The fraction of sp³-hybridized carbons (Fsp3) is 0.200. The molecule has 0 fully saturated rings. The largest absolute Gasteiger partial charge is 0.271 e. The van der Waals surface area contributed by atoms with Crippen molar-refractivity contribution >= 4 is 27.5 Å². The Hall–Kier alpha value is -0.940. The Bertz CT molecular complexity index is 592. The van der Waals surface area contributed by atoms with E-state index >= 15 is 0 Å². The highest BCUT2D eigenvalue weighted by molar-refractivity contribution is 9.10. The Morgan fingerprint density at radius 3 is 2.45 bits per heavy atom. The van der Waals surface area contributed by atoms with Crippen molar-refractivity contribution in [2.75, 3.05) is 0 Å².